The average molecular weight is 346 g/mol. The van der Waals surface area contributed by atoms with Gasteiger partial charge in [-0.1, -0.05) is 6.92 Å². The first-order valence-electron chi connectivity index (χ1n) is 7.55. The number of rotatable bonds is 7. The van der Waals surface area contributed by atoms with Crippen LogP contribution in [0.4, 0.5) is 11.5 Å². The lowest BCUT2D eigenvalue weighted by Crippen LogP contribution is -2.42. The molecular formula is C16H18N4O5. The molecular weight excluding hydrogens is 328 g/mol. The van der Waals surface area contributed by atoms with E-state index in [9.17, 15) is 20.0 Å². The molecule has 132 valence electrons. The van der Waals surface area contributed by atoms with Crippen molar-refractivity contribution in [1.82, 2.24) is 9.97 Å². The molecule has 0 saturated heterocycles. The number of aromatic nitrogens is 2. The molecule has 0 fully saturated rings. The molecule has 2 aromatic rings. The van der Waals surface area contributed by atoms with E-state index in [4.69, 9.17) is 5.11 Å². The third-order valence-corrected chi connectivity index (χ3v) is 3.55. The van der Waals surface area contributed by atoms with E-state index >= 15 is 0 Å². The zero-order valence-electron chi connectivity index (χ0n) is 13.8. The maximum absolute atomic E-state index is 11.0. The summed E-state index contributed by atoms with van der Waals surface area (Å²) in [6, 6.07) is 7.47. The minimum Gasteiger partial charge on any atom is -0.479 e. The summed E-state index contributed by atoms with van der Waals surface area (Å²) in [6.45, 7) is 2.85. The molecule has 1 aromatic carbocycles. The topological polar surface area (TPSA) is 138 Å². The minimum atomic E-state index is -1.94. The van der Waals surface area contributed by atoms with Crippen LogP contribution in [0.3, 0.4) is 0 Å². The molecule has 3 N–H and O–H groups in total. The van der Waals surface area contributed by atoms with Crippen LogP contribution in [0.15, 0.2) is 30.3 Å². The molecule has 2 rings (SSSR count). The first-order chi connectivity index (χ1) is 11.7. The third kappa shape index (κ3) is 4.48. The van der Waals surface area contributed by atoms with Crippen molar-refractivity contribution < 1.29 is 19.9 Å². The number of carbonyl (C=O) groups is 1. The Morgan fingerprint density at radius 2 is 1.96 bits per heavy atom. The number of nitro benzene ring substituents is 1. The number of hydrogen-bond acceptors (Lipinski definition) is 7. The van der Waals surface area contributed by atoms with Crippen molar-refractivity contribution in [3.8, 4) is 11.4 Å². The number of carboxylic acids is 1. The second kappa shape index (κ2) is 7.22. The van der Waals surface area contributed by atoms with Crippen LogP contribution in [0, 0.1) is 10.1 Å². The van der Waals surface area contributed by atoms with Crippen LogP contribution in [0.2, 0.25) is 0 Å². The number of non-ortho nitro benzene ring substituents is 1. The predicted molar refractivity (Wildman–Crippen MR) is 90.2 cm³/mol. The smallest absolute Gasteiger partial charge is 0.337 e. The Kier molecular flexibility index (Phi) is 5.28. The number of aliphatic carboxylic acids is 1. The maximum Gasteiger partial charge on any atom is 0.337 e. The van der Waals surface area contributed by atoms with E-state index in [1.54, 1.807) is 18.2 Å². The Hall–Kier alpha value is -3.07. The summed E-state index contributed by atoms with van der Waals surface area (Å²) in [5.74, 6) is -0.631. The largest absolute Gasteiger partial charge is 0.479 e. The van der Waals surface area contributed by atoms with Crippen LogP contribution in [0.1, 0.15) is 19.5 Å². The molecule has 0 aliphatic carbocycles. The van der Waals surface area contributed by atoms with Crippen LogP contribution >= 0.6 is 0 Å². The summed E-state index contributed by atoms with van der Waals surface area (Å²) in [4.78, 5) is 29.9. The molecule has 0 spiro atoms. The highest BCUT2D eigenvalue weighted by molar-refractivity contribution is 5.77. The van der Waals surface area contributed by atoms with E-state index in [0.29, 0.717) is 29.3 Å². The Balaban J connectivity index is 2.30. The Morgan fingerprint density at radius 3 is 2.48 bits per heavy atom. The SMILES string of the molecule is CCc1cc(NCC(C)(O)C(=O)O)nc(-c2ccc([N+](=O)[O-])cc2)n1. The summed E-state index contributed by atoms with van der Waals surface area (Å²) in [6.07, 6.45) is 0.618. The summed E-state index contributed by atoms with van der Waals surface area (Å²) in [5.41, 5.74) is -0.675. The molecule has 1 aromatic heterocycles. The Labute approximate surface area is 143 Å². The number of anilines is 1. The van der Waals surface area contributed by atoms with Gasteiger partial charge in [0.2, 0.25) is 0 Å². The van der Waals surface area contributed by atoms with Crippen LogP contribution < -0.4 is 5.32 Å². The fourth-order valence-corrected chi connectivity index (χ4v) is 1.97. The van der Waals surface area contributed by atoms with Gasteiger partial charge in [-0.05, 0) is 25.5 Å². The normalized spacial score (nSPS) is 13.1. The van der Waals surface area contributed by atoms with Crippen LogP contribution in [0.25, 0.3) is 11.4 Å². The summed E-state index contributed by atoms with van der Waals surface area (Å²) in [5, 5.41) is 32.2. The summed E-state index contributed by atoms with van der Waals surface area (Å²) in [7, 11) is 0. The molecule has 9 nitrogen and oxygen atoms in total. The number of nitrogens with one attached hydrogen (secondary N) is 1. The number of aliphatic hydroxyl groups is 1. The lowest BCUT2D eigenvalue weighted by molar-refractivity contribution is -0.384. The van der Waals surface area contributed by atoms with Gasteiger partial charge in [0.05, 0.1) is 11.5 Å². The van der Waals surface area contributed by atoms with Crippen molar-refractivity contribution in [2.75, 3.05) is 11.9 Å². The first kappa shape index (κ1) is 18.3. The third-order valence-electron chi connectivity index (χ3n) is 3.55. The number of aryl methyl sites for hydroxylation is 1. The summed E-state index contributed by atoms with van der Waals surface area (Å²) >= 11 is 0. The van der Waals surface area contributed by atoms with E-state index in [0.717, 1.165) is 0 Å². The van der Waals surface area contributed by atoms with Crippen LogP contribution in [-0.4, -0.2) is 43.2 Å². The van der Waals surface area contributed by atoms with E-state index in [1.165, 1.54) is 19.1 Å². The van der Waals surface area contributed by atoms with Crippen molar-refractivity contribution in [3.05, 3.63) is 46.1 Å². The minimum absolute atomic E-state index is 0.0359. The number of benzene rings is 1. The highest BCUT2D eigenvalue weighted by Gasteiger charge is 2.29. The van der Waals surface area contributed by atoms with Crippen molar-refractivity contribution >= 4 is 17.5 Å². The molecule has 0 amide bonds. The second-order valence-electron chi connectivity index (χ2n) is 5.66. The fourth-order valence-electron chi connectivity index (χ4n) is 1.97. The highest BCUT2D eigenvalue weighted by Crippen LogP contribution is 2.22. The van der Waals surface area contributed by atoms with E-state index in [-0.39, 0.29) is 12.2 Å². The highest BCUT2D eigenvalue weighted by atomic mass is 16.6. The first-order valence-corrected chi connectivity index (χ1v) is 7.55. The van der Waals surface area contributed by atoms with Gasteiger partial charge in [-0.15, -0.1) is 0 Å². The predicted octanol–water partition coefficient (Wildman–Crippen LogP) is 1.86. The van der Waals surface area contributed by atoms with Crippen molar-refractivity contribution in [3.63, 3.8) is 0 Å². The molecule has 1 heterocycles. The van der Waals surface area contributed by atoms with Gasteiger partial charge < -0.3 is 15.5 Å². The van der Waals surface area contributed by atoms with Gasteiger partial charge in [0.15, 0.2) is 11.4 Å². The Bertz CT molecular complexity index is 790. The van der Waals surface area contributed by atoms with Gasteiger partial charge in [-0.3, -0.25) is 10.1 Å². The molecule has 0 aliphatic rings. The van der Waals surface area contributed by atoms with Gasteiger partial charge in [-0.25, -0.2) is 14.8 Å². The second-order valence-corrected chi connectivity index (χ2v) is 5.66. The Morgan fingerprint density at radius 1 is 1.32 bits per heavy atom. The van der Waals surface area contributed by atoms with Gasteiger partial charge in [0, 0.05) is 29.5 Å². The zero-order chi connectivity index (χ0) is 18.6. The molecule has 1 atom stereocenters. The van der Waals surface area contributed by atoms with Gasteiger partial charge in [-0.2, -0.15) is 0 Å². The molecule has 9 heteroatoms. The van der Waals surface area contributed by atoms with Crippen molar-refractivity contribution in [2.45, 2.75) is 25.9 Å². The number of nitrogens with zero attached hydrogens (tertiary/aromatic N) is 3. The van der Waals surface area contributed by atoms with Gasteiger partial charge >= 0.3 is 5.97 Å². The molecule has 25 heavy (non-hydrogen) atoms. The van der Waals surface area contributed by atoms with E-state index < -0.39 is 16.5 Å². The standard InChI is InChI=1S/C16H18N4O5/c1-3-11-8-13(17-9-16(2,23)15(21)22)19-14(18-11)10-4-6-12(7-5-10)20(24)25/h4-8,23H,3,9H2,1-2H3,(H,21,22)(H,17,18,19). The maximum atomic E-state index is 11.0. The van der Waals surface area contributed by atoms with Gasteiger partial charge in [0.1, 0.15) is 5.82 Å². The zero-order valence-corrected chi connectivity index (χ0v) is 13.8. The number of carboxylic acid groups (broad SMARTS) is 1. The molecule has 0 bridgehead atoms. The lowest BCUT2D eigenvalue weighted by atomic mass is 10.1. The van der Waals surface area contributed by atoms with Gasteiger partial charge in [0.25, 0.3) is 5.69 Å². The van der Waals surface area contributed by atoms with Crippen LogP contribution in [-0.2, 0) is 11.2 Å². The summed E-state index contributed by atoms with van der Waals surface area (Å²) < 4.78 is 0. The van der Waals surface area contributed by atoms with E-state index in [1.807, 2.05) is 6.92 Å². The lowest BCUT2D eigenvalue weighted by Gasteiger charge is -2.19. The molecule has 0 saturated carbocycles. The quantitative estimate of drug-likeness (QED) is 0.510. The van der Waals surface area contributed by atoms with Crippen LogP contribution in [0.5, 0.6) is 0 Å². The molecule has 0 radical (unpaired) electrons. The number of hydrogen-bond donors (Lipinski definition) is 3. The van der Waals surface area contributed by atoms with Crippen molar-refractivity contribution in [1.29, 1.82) is 0 Å². The molecule has 1 unspecified atom stereocenters. The van der Waals surface area contributed by atoms with Crippen molar-refractivity contribution in [2.24, 2.45) is 0 Å². The molecule has 0 aliphatic heterocycles. The average Bonchev–Trinajstić information content (AvgIpc) is 2.59. The number of nitro groups is 1. The van der Waals surface area contributed by atoms with E-state index in [2.05, 4.69) is 15.3 Å². The fraction of sp³-hybridized carbons (Fsp3) is 0.312. The monoisotopic (exact) mass is 346 g/mol.